The number of halogens is 1. The zero-order valence-electron chi connectivity index (χ0n) is 15.5. The summed E-state index contributed by atoms with van der Waals surface area (Å²) in [4.78, 5) is 29.2. The van der Waals surface area contributed by atoms with Crippen LogP contribution in [0.2, 0.25) is 5.02 Å². The molecule has 0 fully saturated rings. The number of carboxylic acids is 1. The number of methoxy groups -OCH3 is 1. The summed E-state index contributed by atoms with van der Waals surface area (Å²) < 4.78 is 11.0. The van der Waals surface area contributed by atoms with Crippen LogP contribution in [-0.4, -0.2) is 33.1 Å². The fourth-order valence-electron chi connectivity index (χ4n) is 3.28. The van der Waals surface area contributed by atoms with Crippen LogP contribution in [0.5, 0.6) is 11.5 Å². The highest BCUT2D eigenvalue weighted by Crippen LogP contribution is 2.36. The molecule has 0 saturated carbocycles. The van der Waals surface area contributed by atoms with Crippen molar-refractivity contribution in [1.29, 1.82) is 0 Å². The summed E-state index contributed by atoms with van der Waals surface area (Å²) in [5.41, 5.74) is 1.63. The average Bonchev–Trinajstić information content (AvgIpc) is 3.08. The van der Waals surface area contributed by atoms with Gasteiger partial charge in [-0.3, -0.25) is 10.1 Å². The lowest BCUT2D eigenvalue weighted by Crippen LogP contribution is -2.07. The van der Waals surface area contributed by atoms with Gasteiger partial charge in [-0.15, -0.1) is 0 Å². The largest absolute Gasteiger partial charge is 0.477 e. The lowest BCUT2D eigenvalue weighted by atomic mass is 10.1. The minimum absolute atomic E-state index is 0.0677. The number of nitrogens with one attached hydrogen (secondary N) is 1. The van der Waals surface area contributed by atoms with Crippen LogP contribution in [0, 0.1) is 10.1 Å². The molecule has 2 aromatic heterocycles. The van der Waals surface area contributed by atoms with Gasteiger partial charge in [-0.05, 0) is 24.3 Å². The molecule has 30 heavy (non-hydrogen) atoms. The van der Waals surface area contributed by atoms with Gasteiger partial charge >= 0.3 is 5.97 Å². The number of aromatic amines is 1. The number of nitro groups is 1. The van der Waals surface area contributed by atoms with E-state index in [0.717, 1.165) is 10.9 Å². The second-order valence-corrected chi connectivity index (χ2v) is 6.83. The Balaban J connectivity index is 1.83. The number of benzene rings is 2. The van der Waals surface area contributed by atoms with Gasteiger partial charge in [-0.1, -0.05) is 11.6 Å². The number of ether oxygens (including phenoxy) is 2. The predicted molar refractivity (Wildman–Crippen MR) is 109 cm³/mol. The molecule has 0 aliphatic rings. The number of aromatic carboxylic acids is 1. The molecule has 0 amide bonds. The van der Waals surface area contributed by atoms with Crippen molar-refractivity contribution >= 4 is 45.1 Å². The van der Waals surface area contributed by atoms with E-state index in [1.807, 2.05) is 0 Å². The first-order valence-corrected chi connectivity index (χ1v) is 9.04. The molecule has 2 N–H and O–H groups in total. The zero-order chi connectivity index (χ0) is 21.4. The van der Waals surface area contributed by atoms with Crippen molar-refractivity contribution in [2.75, 3.05) is 7.11 Å². The maximum atomic E-state index is 11.6. The summed E-state index contributed by atoms with van der Waals surface area (Å²) >= 11 is 6.11. The molecular formula is C20H14ClN3O6. The molecule has 4 aromatic rings. The van der Waals surface area contributed by atoms with Gasteiger partial charge in [0.2, 0.25) is 0 Å². The Morgan fingerprint density at radius 2 is 2.07 bits per heavy atom. The summed E-state index contributed by atoms with van der Waals surface area (Å²) in [6, 6.07) is 9.15. The molecule has 0 unspecified atom stereocenters. The maximum Gasteiger partial charge on any atom is 0.354 e. The third kappa shape index (κ3) is 3.40. The van der Waals surface area contributed by atoms with Gasteiger partial charge in [0, 0.05) is 41.1 Å². The summed E-state index contributed by atoms with van der Waals surface area (Å²) in [5.74, 6) is -0.467. The first-order valence-electron chi connectivity index (χ1n) is 8.66. The van der Waals surface area contributed by atoms with E-state index >= 15 is 0 Å². The molecule has 2 heterocycles. The number of rotatable bonds is 6. The number of carbonyl (C=O) groups is 1. The quantitative estimate of drug-likeness (QED) is 0.330. The molecule has 0 saturated heterocycles. The Hall–Kier alpha value is -3.69. The Bertz CT molecular complexity index is 1320. The van der Waals surface area contributed by atoms with E-state index in [4.69, 9.17) is 21.1 Å². The van der Waals surface area contributed by atoms with Crippen LogP contribution in [0.1, 0.15) is 16.1 Å². The highest BCUT2D eigenvalue weighted by Gasteiger charge is 2.19. The minimum atomic E-state index is -1.15. The number of non-ortho nitro benzene ring substituents is 1. The number of aromatic nitrogens is 2. The molecule has 4 rings (SSSR count). The summed E-state index contributed by atoms with van der Waals surface area (Å²) in [6.07, 6.45) is 1.46. The fraction of sp³-hybridized carbons (Fsp3) is 0.100. The number of nitro benzene ring substituents is 1. The van der Waals surface area contributed by atoms with Crippen LogP contribution in [0.4, 0.5) is 5.69 Å². The predicted octanol–water partition coefficient (Wildman–Crippen LogP) is 4.91. The van der Waals surface area contributed by atoms with Gasteiger partial charge in [0.1, 0.15) is 11.5 Å². The number of hydrogen-bond donors (Lipinski definition) is 2. The van der Waals surface area contributed by atoms with E-state index in [9.17, 15) is 20.0 Å². The molecular weight excluding hydrogens is 414 g/mol. The molecule has 2 aromatic carbocycles. The van der Waals surface area contributed by atoms with E-state index in [0.29, 0.717) is 22.2 Å². The SMILES string of the molecule is COCc1c(C(=O)O)ncc2[nH]c3ccc(Oc4ccc([N+](=O)[O-])cc4Cl)cc3c12. The van der Waals surface area contributed by atoms with Crippen LogP contribution < -0.4 is 4.74 Å². The highest BCUT2D eigenvalue weighted by atomic mass is 35.5. The average molecular weight is 428 g/mol. The molecule has 0 spiro atoms. The first kappa shape index (κ1) is 19.6. The topological polar surface area (TPSA) is 128 Å². The fourth-order valence-corrected chi connectivity index (χ4v) is 3.50. The number of hydrogen-bond acceptors (Lipinski definition) is 6. The zero-order valence-corrected chi connectivity index (χ0v) is 16.3. The Morgan fingerprint density at radius 1 is 1.27 bits per heavy atom. The third-order valence-corrected chi connectivity index (χ3v) is 4.85. The van der Waals surface area contributed by atoms with Crippen molar-refractivity contribution in [3.05, 3.63) is 69.0 Å². The Labute approximate surface area is 174 Å². The van der Waals surface area contributed by atoms with Crippen molar-refractivity contribution in [2.24, 2.45) is 0 Å². The summed E-state index contributed by atoms with van der Waals surface area (Å²) in [5, 5.41) is 21.8. The Kier molecular flexibility index (Phi) is 4.98. The molecule has 0 atom stereocenters. The molecule has 0 radical (unpaired) electrons. The van der Waals surface area contributed by atoms with Crippen LogP contribution in [0.3, 0.4) is 0 Å². The number of pyridine rings is 1. The number of H-pyrrole nitrogens is 1. The van der Waals surface area contributed by atoms with Gasteiger partial charge in [0.05, 0.1) is 28.3 Å². The van der Waals surface area contributed by atoms with Crippen molar-refractivity contribution in [3.63, 3.8) is 0 Å². The van der Waals surface area contributed by atoms with Crippen molar-refractivity contribution < 1.29 is 24.3 Å². The summed E-state index contributed by atoms with van der Waals surface area (Å²) in [7, 11) is 1.48. The van der Waals surface area contributed by atoms with Gasteiger partial charge in [-0.25, -0.2) is 9.78 Å². The van der Waals surface area contributed by atoms with Gasteiger partial charge in [0.25, 0.3) is 5.69 Å². The van der Waals surface area contributed by atoms with Gasteiger partial charge in [0.15, 0.2) is 5.69 Å². The van der Waals surface area contributed by atoms with Gasteiger partial charge in [-0.2, -0.15) is 0 Å². The molecule has 0 aliphatic heterocycles. The van der Waals surface area contributed by atoms with E-state index in [1.165, 1.54) is 31.5 Å². The second-order valence-electron chi connectivity index (χ2n) is 6.42. The van der Waals surface area contributed by atoms with E-state index in [2.05, 4.69) is 9.97 Å². The minimum Gasteiger partial charge on any atom is -0.477 e. The van der Waals surface area contributed by atoms with Crippen LogP contribution in [-0.2, 0) is 11.3 Å². The molecule has 0 aliphatic carbocycles. The van der Waals surface area contributed by atoms with Crippen molar-refractivity contribution in [2.45, 2.75) is 6.61 Å². The molecule has 9 nitrogen and oxygen atoms in total. The third-order valence-electron chi connectivity index (χ3n) is 4.55. The highest BCUT2D eigenvalue weighted by molar-refractivity contribution is 6.32. The van der Waals surface area contributed by atoms with Gasteiger partial charge < -0.3 is 19.6 Å². The lowest BCUT2D eigenvalue weighted by Gasteiger charge is -2.09. The van der Waals surface area contributed by atoms with Crippen LogP contribution in [0.15, 0.2) is 42.6 Å². The molecule has 0 bridgehead atoms. The monoisotopic (exact) mass is 427 g/mol. The van der Waals surface area contributed by atoms with Crippen LogP contribution in [0.25, 0.3) is 21.8 Å². The van der Waals surface area contributed by atoms with Crippen LogP contribution >= 0.6 is 11.6 Å². The standard InChI is InChI=1S/C20H14ClN3O6/c1-29-9-13-18-12-7-11(30-17-5-2-10(24(27)28)6-14(17)21)3-4-15(12)23-16(18)8-22-19(13)20(25)26/h2-8,23H,9H2,1H3,(H,25,26). The maximum absolute atomic E-state index is 11.6. The molecule has 10 heteroatoms. The smallest absolute Gasteiger partial charge is 0.354 e. The number of carboxylic acid groups (broad SMARTS) is 1. The normalized spacial score (nSPS) is 11.1. The number of nitrogens with zero attached hydrogens (tertiary/aromatic N) is 2. The molecule has 152 valence electrons. The lowest BCUT2D eigenvalue weighted by molar-refractivity contribution is -0.384. The first-order chi connectivity index (χ1) is 14.4. The van der Waals surface area contributed by atoms with Crippen molar-refractivity contribution in [3.8, 4) is 11.5 Å². The summed E-state index contributed by atoms with van der Waals surface area (Å²) in [6.45, 7) is 0.0677. The van der Waals surface area contributed by atoms with E-state index in [-0.39, 0.29) is 28.8 Å². The number of fused-ring (bicyclic) bond motifs is 3. The van der Waals surface area contributed by atoms with Crippen molar-refractivity contribution in [1.82, 2.24) is 9.97 Å². The van der Waals surface area contributed by atoms with E-state index < -0.39 is 10.9 Å². The second kappa shape index (κ2) is 7.62. The Morgan fingerprint density at radius 3 is 2.73 bits per heavy atom. The van der Waals surface area contributed by atoms with E-state index in [1.54, 1.807) is 18.2 Å².